The number of thioether (sulfide) groups is 2. The third-order valence-corrected chi connectivity index (χ3v) is 21.9. The number of hydrogen-bond acceptors (Lipinski definition) is 14. The number of primary amides is 1. The van der Waals surface area contributed by atoms with Crippen molar-refractivity contribution >= 4 is 104 Å². The van der Waals surface area contributed by atoms with Crippen LogP contribution in [0.4, 0.5) is 8.78 Å². The lowest BCUT2D eigenvalue weighted by Crippen LogP contribution is -2.63. The Balaban J connectivity index is 0.988. The second-order valence-electron chi connectivity index (χ2n) is 27.4. The zero-order valence-corrected chi connectivity index (χ0v) is 58.3. The number of nitrogens with one attached hydrogen (secondary N) is 7. The van der Waals surface area contributed by atoms with Crippen LogP contribution in [0.25, 0.3) is 21.8 Å². The van der Waals surface area contributed by atoms with Gasteiger partial charge in [0.2, 0.25) is 53.2 Å². The van der Waals surface area contributed by atoms with E-state index in [0.29, 0.717) is 88.0 Å². The molecule has 534 valence electrons. The number of hydrogen-bond donors (Lipinski definition) is 10. The molecule has 1 spiro atoms. The molecule has 4 aromatic carbocycles. The minimum absolute atomic E-state index is 0.000610. The summed E-state index contributed by atoms with van der Waals surface area (Å²) in [6.07, 6.45) is 4.57. The number of phenolic OH excluding ortho intramolecular Hbond substituents is 1. The highest BCUT2D eigenvalue weighted by molar-refractivity contribution is 7.98. The van der Waals surface area contributed by atoms with E-state index in [1.165, 1.54) is 86.8 Å². The maximum Gasteiger partial charge on any atom is 0.249 e. The van der Waals surface area contributed by atoms with Gasteiger partial charge in [-0.3, -0.25) is 47.9 Å². The van der Waals surface area contributed by atoms with Crippen molar-refractivity contribution in [3.63, 3.8) is 0 Å². The summed E-state index contributed by atoms with van der Waals surface area (Å²) < 4.78 is 30.0. The van der Waals surface area contributed by atoms with Gasteiger partial charge in [0.1, 0.15) is 58.7 Å². The second kappa shape index (κ2) is 33.1. The average Bonchev–Trinajstić information content (AvgIpc) is 1.58. The molecule has 23 nitrogen and oxygen atoms in total. The van der Waals surface area contributed by atoms with Crippen LogP contribution in [-0.2, 0) is 78.7 Å². The number of amides is 9. The molecule has 0 saturated carbocycles. The molecule has 27 heteroatoms. The number of ketones is 1. The fraction of sp³-hybridized carbons (Fsp3) is 0.479. The van der Waals surface area contributed by atoms with Crippen LogP contribution in [0, 0.1) is 17.6 Å². The van der Waals surface area contributed by atoms with E-state index in [-0.39, 0.29) is 107 Å². The summed E-state index contributed by atoms with van der Waals surface area (Å²) >= 11 is 2.89. The van der Waals surface area contributed by atoms with Crippen LogP contribution in [0.1, 0.15) is 126 Å². The summed E-state index contributed by atoms with van der Waals surface area (Å²) in [5.74, 6) is -6.15. The fourth-order valence-electron chi connectivity index (χ4n) is 14.3. The van der Waals surface area contributed by atoms with Gasteiger partial charge in [-0.1, -0.05) is 50.2 Å². The van der Waals surface area contributed by atoms with Crippen LogP contribution in [0.2, 0.25) is 0 Å². The van der Waals surface area contributed by atoms with Crippen molar-refractivity contribution in [2.75, 3.05) is 37.7 Å². The van der Waals surface area contributed by atoms with Gasteiger partial charge in [0.15, 0.2) is 5.78 Å². The highest BCUT2D eigenvalue weighted by atomic mass is 32.2. The molecule has 4 aliphatic rings. The number of nitrogens with zero attached hydrogens (tertiary/aromatic N) is 3. The highest BCUT2D eigenvalue weighted by Gasteiger charge is 2.58. The summed E-state index contributed by atoms with van der Waals surface area (Å²) in [5.41, 5.74) is 13.1. The van der Waals surface area contributed by atoms with Gasteiger partial charge in [0.05, 0.1) is 6.04 Å². The van der Waals surface area contributed by atoms with Crippen LogP contribution >= 0.6 is 23.5 Å². The minimum atomic E-state index is -1.54. The molecular formula is C73H90F2N12O11S2. The fourth-order valence-corrected chi connectivity index (χ4v) is 16.2. The first-order chi connectivity index (χ1) is 47.9. The topological polar surface area (TPSA) is 344 Å². The average molecular weight is 1410 g/mol. The molecule has 10 rings (SSSR count). The number of rotatable bonds is 13. The quantitative estimate of drug-likeness (QED) is 0.0593. The molecule has 0 unspecified atom stereocenters. The number of H-pyrrole nitrogens is 2. The molecule has 0 radical (unpaired) electrons. The Labute approximate surface area is 587 Å². The zero-order valence-electron chi connectivity index (χ0n) is 56.6. The van der Waals surface area contributed by atoms with E-state index in [1.807, 2.05) is 38.1 Å². The molecule has 12 N–H and O–H groups in total. The van der Waals surface area contributed by atoms with Crippen molar-refractivity contribution in [2.24, 2.45) is 17.4 Å². The molecular weight excluding hydrogens is 1320 g/mol. The maximum absolute atomic E-state index is 15.9. The predicted molar refractivity (Wildman–Crippen MR) is 378 cm³/mol. The molecule has 4 aliphatic heterocycles. The third-order valence-electron chi connectivity index (χ3n) is 19.7. The number of carbonyl (C=O) groups is 10. The van der Waals surface area contributed by atoms with Crippen LogP contribution in [0.15, 0.2) is 97.3 Å². The van der Waals surface area contributed by atoms with Gasteiger partial charge in [-0.15, -0.1) is 0 Å². The number of benzene rings is 4. The Morgan fingerprint density at radius 3 is 1.91 bits per heavy atom. The third kappa shape index (κ3) is 17.7. The molecule has 3 saturated heterocycles. The Bertz CT molecular complexity index is 4020. The van der Waals surface area contributed by atoms with E-state index >= 15 is 28.4 Å². The molecule has 6 aromatic rings. The largest absolute Gasteiger partial charge is 0.508 e. The van der Waals surface area contributed by atoms with Crippen LogP contribution in [0.5, 0.6) is 5.75 Å². The van der Waals surface area contributed by atoms with Crippen LogP contribution in [0.3, 0.4) is 0 Å². The number of phenols is 1. The van der Waals surface area contributed by atoms with E-state index in [1.54, 1.807) is 31.5 Å². The first kappa shape index (κ1) is 73.9. The smallest absolute Gasteiger partial charge is 0.249 e. The molecule has 0 aliphatic carbocycles. The van der Waals surface area contributed by atoms with Crippen molar-refractivity contribution in [1.29, 1.82) is 0 Å². The number of halogens is 2. The van der Waals surface area contributed by atoms with Gasteiger partial charge >= 0.3 is 0 Å². The SMILES string of the molecule is CC(C)C[C@H]1C(=O)N[C@@H](Cc2ccc(O)cc2)C(=O)N2CCC[C@@]2(C)C(=O)N[C@H](C(N)=O)CSCc2cccc(c2)CSCCC(=O)N[C@@H](CCCCN)C(=O)CCC(=O)N[C@@H](Cc2c[nH]c3ccc(F)cc23)C(=O)N[C@@H](Cc2c[nH]c3ccc(F)cc23)C(=O)N2CCC[C@@]23CCN1C3=O. The number of aromatic amines is 2. The van der Waals surface area contributed by atoms with Gasteiger partial charge in [0, 0.05) is 115 Å². The lowest BCUT2D eigenvalue weighted by Gasteiger charge is -2.38. The summed E-state index contributed by atoms with van der Waals surface area (Å²) in [6, 6.07) is 14.5. The number of nitrogens with two attached hydrogens (primary N) is 2. The molecule has 6 heterocycles. The Morgan fingerprint density at radius 2 is 1.25 bits per heavy atom. The van der Waals surface area contributed by atoms with E-state index in [9.17, 15) is 33.5 Å². The predicted octanol–water partition coefficient (Wildman–Crippen LogP) is 6.01. The van der Waals surface area contributed by atoms with Gasteiger partial charge in [-0.25, -0.2) is 8.78 Å². The Hall–Kier alpha value is -8.82. The lowest BCUT2D eigenvalue weighted by molar-refractivity contribution is -0.151. The van der Waals surface area contributed by atoms with Crippen molar-refractivity contribution in [2.45, 2.75) is 176 Å². The van der Waals surface area contributed by atoms with E-state index in [0.717, 1.165) is 11.1 Å². The summed E-state index contributed by atoms with van der Waals surface area (Å²) in [6.45, 7) is 5.88. The number of carbonyl (C=O) groups excluding carboxylic acids is 10. The summed E-state index contributed by atoms with van der Waals surface area (Å²) in [5, 5.41) is 25.5. The normalized spacial score (nSPS) is 24.9. The van der Waals surface area contributed by atoms with Gasteiger partial charge in [0.25, 0.3) is 0 Å². The monoisotopic (exact) mass is 1410 g/mol. The Morgan fingerprint density at radius 1 is 0.650 bits per heavy atom. The van der Waals surface area contributed by atoms with Crippen molar-refractivity contribution in [3.8, 4) is 5.75 Å². The van der Waals surface area contributed by atoms with Crippen LogP contribution < -0.4 is 38.1 Å². The summed E-state index contributed by atoms with van der Waals surface area (Å²) in [7, 11) is 0. The standard InChI is InChI=1S/C73H90F2N12O11S2/c1-43(2)31-61-67(94)83-58(33-44-12-16-51(88)17-13-44)68(95)86-27-7-23-72(86,3)70(97)84-60(65(77)92)42-100-41-46-10-6-9-45(32-46)40-99-30-22-64(91)80-56(11-4-5-26-76)62(89)20-21-63(90)81-57(34-47-38-78-54-18-14-49(74)36-52(47)54)66(93)82-59(35-48-39-79-55-19-15-50(75)37-53(48)55)69(96)87-28-8-24-73(87)25-29-85(61)71(73)98/h6,9-10,12-19,32,36-39,43,56-61,78-79,88H,4-5,7-8,11,20-31,33-35,40-42,76H2,1-3H3,(H2,77,92)(H,80,91)(H,81,90)(H,82,93)(H,83,94)(H,84,97)/t56-,57-,58-,59-,60-,61-,72-,73-/m0/s1. The van der Waals surface area contributed by atoms with Crippen LogP contribution in [-0.4, -0.2) is 174 Å². The minimum Gasteiger partial charge on any atom is -0.508 e. The lowest BCUT2D eigenvalue weighted by atomic mass is 9.92. The first-order valence-electron chi connectivity index (χ1n) is 34.4. The first-order valence-corrected chi connectivity index (χ1v) is 36.7. The number of Topliss-reactive ketones (excluding diaryl/α,β-unsaturated/α-hetero) is 1. The van der Waals surface area contributed by atoms with E-state index < -0.39 is 118 Å². The molecule has 2 aromatic heterocycles. The van der Waals surface area contributed by atoms with Crippen molar-refractivity contribution < 1.29 is 61.8 Å². The number of aromatic hydroxyl groups is 1. The second-order valence-corrected chi connectivity index (χ2v) is 29.5. The molecule has 4 bridgehead atoms. The molecule has 3 fully saturated rings. The van der Waals surface area contributed by atoms with E-state index in [4.69, 9.17) is 11.5 Å². The van der Waals surface area contributed by atoms with Gasteiger partial charge < -0.3 is 67.8 Å². The highest BCUT2D eigenvalue weighted by Crippen LogP contribution is 2.41. The zero-order chi connectivity index (χ0) is 71.4. The van der Waals surface area contributed by atoms with Crippen molar-refractivity contribution in [3.05, 3.63) is 137 Å². The number of aromatic nitrogens is 2. The number of fused-ring (bicyclic) bond motifs is 6. The molecule has 100 heavy (non-hydrogen) atoms. The van der Waals surface area contributed by atoms with E-state index in [2.05, 4.69) is 36.6 Å². The maximum atomic E-state index is 15.9. The Kier molecular flexibility index (Phi) is 24.5. The molecule has 8 atom stereocenters. The van der Waals surface area contributed by atoms with Gasteiger partial charge in [-0.05, 0) is 154 Å². The van der Waals surface area contributed by atoms with Gasteiger partial charge in [-0.2, -0.15) is 23.5 Å². The molecule has 9 amide bonds. The summed E-state index contributed by atoms with van der Waals surface area (Å²) in [4.78, 5) is 158. The number of unbranched alkanes of at least 4 members (excludes halogenated alkanes) is 1. The van der Waals surface area contributed by atoms with Crippen molar-refractivity contribution in [1.82, 2.24) is 51.3 Å².